The molecule has 3 aromatic rings. The minimum absolute atomic E-state index is 0.116. The zero-order chi connectivity index (χ0) is 18.4. The molecule has 0 fully saturated rings. The Morgan fingerprint density at radius 2 is 1.85 bits per heavy atom. The van der Waals surface area contributed by atoms with Crippen molar-refractivity contribution in [1.82, 2.24) is 5.43 Å². The van der Waals surface area contributed by atoms with Gasteiger partial charge in [0.2, 0.25) is 0 Å². The summed E-state index contributed by atoms with van der Waals surface area (Å²) >= 11 is 5.87. The van der Waals surface area contributed by atoms with Gasteiger partial charge in [-0.1, -0.05) is 29.3 Å². The Kier molecular flexibility index (Phi) is 5.71. The number of benzene rings is 2. The zero-order valence-corrected chi connectivity index (χ0v) is 14.9. The molecular weight excluding hydrogens is 352 g/mol. The van der Waals surface area contributed by atoms with Crippen molar-refractivity contribution in [2.45, 2.75) is 6.92 Å². The molecule has 1 amide bonds. The van der Waals surface area contributed by atoms with E-state index in [9.17, 15) is 4.79 Å². The van der Waals surface area contributed by atoms with E-state index < -0.39 is 0 Å². The average molecular weight is 369 g/mol. The molecule has 0 radical (unpaired) electrons. The summed E-state index contributed by atoms with van der Waals surface area (Å²) < 4.78 is 11.0. The van der Waals surface area contributed by atoms with E-state index in [1.165, 1.54) is 6.21 Å². The van der Waals surface area contributed by atoms with Crippen molar-refractivity contribution >= 4 is 23.7 Å². The Bertz CT molecular complexity index is 900. The van der Waals surface area contributed by atoms with Crippen LogP contribution in [-0.4, -0.2) is 18.7 Å². The van der Waals surface area contributed by atoms with Gasteiger partial charge in [-0.15, -0.1) is 0 Å². The molecule has 0 bridgehead atoms. The number of nitrogens with one attached hydrogen (secondary N) is 1. The van der Waals surface area contributed by atoms with E-state index in [1.54, 1.807) is 18.2 Å². The molecule has 2 aromatic carbocycles. The number of amides is 1. The van der Waals surface area contributed by atoms with E-state index >= 15 is 0 Å². The normalized spacial score (nSPS) is 10.8. The second-order valence-corrected chi connectivity index (χ2v) is 6.04. The van der Waals surface area contributed by atoms with Gasteiger partial charge in [0.15, 0.2) is 6.61 Å². The van der Waals surface area contributed by atoms with Crippen molar-refractivity contribution in [3.8, 4) is 17.1 Å². The number of carbonyl (C=O) groups excluding carboxylic acids is 1. The zero-order valence-electron chi connectivity index (χ0n) is 14.1. The van der Waals surface area contributed by atoms with Crippen LogP contribution in [0.15, 0.2) is 70.2 Å². The molecule has 0 saturated heterocycles. The van der Waals surface area contributed by atoms with Gasteiger partial charge in [0.1, 0.15) is 17.3 Å². The lowest BCUT2D eigenvalue weighted by Crippen LogP contribution is -2.24. The molecular formula is C20H17ClN2O3. The number of aryl methyl sites for hydroxylation is 1. The Balaban J connectivity index is 1.49. The van der Waals surface area contributed by atoms with Gasteiger partial charge < -0.3 is 9.15 Å². The standard InChI is InChI=1S/C20H17ClN2O3/c1-14-2-8-17(9-3-14)25-13-20(24)23-22-12-18-10-11-19(26-18)15-4-6-16(21)7-5-15/h2-12H,13H2,1H3,(H,23,24)/b22-12-. The van der Waals surface area contributed by atoms with Crippen LogP contribution in [0.4, 0.5) is 0 Å². The summed E-state index contributed by atoms with van der Waals surface area (Å²) in [6.45, 7) is 1.87. The van der Waals surface area contributed by atoms with E-state index in [0.717, 1.165) is 11.1 Å². The van der Waals surface area contributed by atoms with Crippen molar-refractivity contribution in [2.24, 2.45) is 5.10 Å². The third-order valence-electron chi connectivity index (χ3n) is 3.53. The smallest absolute Gasteiger partial charge is 0.277 e. The molecule has 1 aromatic heterocycles. The van der Waals surface area contributed by atoms with E-state index in [4.69, 9.17) is 20.8 Å². The minimum atomic E-state index is -0.355. The molecule has 5 nitrogen and oxygen atoms in total. The molecule has 132 valence electrons. The van der Waals surface area contributed by atoms with Crippen molar-refractivity contribution < 1.29 is 13.9 Å². The van der Waals surface area contributed by atoms with Gasteiger partial charge in [-0.05, 0) is 55.5 Å². The van der Waals surface area contributed by atoms with Crippen molar-refractivity contribution in [3.63, 3.8) is 0 Å². The first kappa shape index (κ1) is 17.8. The topological polar surface area (TPSA) is 63.8 Å². The van der Waals surface area contributed by atoms with Crippen molar-refractivity contribution in [1.29, 1.82) is 0 Å². The van der Waals surface area contributed by atoms with E-state index in [0.29, 0.717) is 22.3 Å². The van der Waals surface area contributed by atoms with E-state index in [-0.39, 0.29) is 12.5 Å². The minimum Gasteiger partial charge on any atom is -0.484 e. The van der Waals surface area contributed by atoms with Gasteiger partial charge >= 0.3 is 0 Å². The predicted octanol–water partition coefficient (Wildman–Crippen LogP) is 4.44. The van der Waals surface area contributed by atoms with Crippen LogP contribution in [0.2, 0.25) is 5.02 Å². The number of halogens is 1. The Labute approximate surface area is 156 Å². The first-order valence-electron chi connectivity index (χ1n) is 7.97. The highest BCUT2D eigenvalue weighted by Gasteiger charge is 2.04. The van der Waals surface area contributed by atoms with Crippen LogP contribution < -0.4 is 10.2 Å². The molecule has 6 heteroatoms. The number of hydrogen-bond acceptors (Lipinski definition) is 4. The highest BCUT2D eigenvalue weighted by Crippen LogP contribution is 2.23. The summed E-state index contributed by atoms with van der Waals surface area (Å²) in [5, 5.41) is 4.53. The van der Waals surface area contributed by atoms with Gasteiger partial charge in [0.05, 0.1) is 6.21 Å². The maximum atomic E-state index is 11.7. The van der Waals surface area contributed by atoms with Crippen molar-refractivity contribution in [3.05, 3.63) is 77.0 Å². The first-order chi connectivity index (χ1) is 12.6. The summed E-state index contributed by atoms with van der Waals surface area (Å²) in [7, 11) is 0. The van der Waals surface area contributed by atoms with Crippen LogP contribution in [0, 0.1) is 6.92 Å². The molecule has 1 heterocycles. The summed E-state index contributed by atoms with van der Waals surface area (Å²) in [5.41, 5.74) is 4.43. The van der Waals surface area contributed by atoms with Crippen molar-refractivity contribution in [2.75, 3.05) is 6.61 Å². The lowest BCUT2D eigenvalue weighted by molar-refractivity contribution is -0.123. The van der Waals surface area contributed by atoms with Crippen LogP contribution in [-0.2, 0) is 4.79 Å². The highest BCUT2D eigenvalue weighted by molar-refractivity contribution is 6.30. The largest absolute Gasteiger partial charge is 0.484 e. The summed E-state index contributed by atoms with van der Waals surface area (Å²) in [5.74, 6) is 1.49. The number of hydrazone groups is 1. The lowest BCUT2D eigenvalue weighted by atomic mass is 10.2. The van der Waals surface area contributed by atoms with Crippen LogP contribution in [0.3, 0.4) is 0 Å². The SMILES string of the molecule is Cc1ccc(OCC(=O)N/N=C\c2ccc(-c3ccc(Cl)cc3)o2)cc1. The summed E-state index contributed by atoms with van der Waals surface area (Å²) in [6.07, 6.45) is 1.43. The Hall–Kier alpha value is -3.05. The number of carbonyl (C=O) groups is 1. The van der Waals surface area contributed by atoms with Gasteiger partial charge in [-0.3, -0.25) is 4.79 Å². The number of hydrogen-bond donors (Lipinski definition) is 1. The Morgan fingerprint density at radius 1 is 1.12 bits per heavy atom. The molecule has 0 atom stereocenters. The molecule has 0 spiro atoms. The van der Waals surface area contributed by atoms with E-state index in [2.05, 4.69) is 10.5 Å². The average Bonchev–Trinajstić information content (AvgIpc) is 3.11. The van der Waals surface area contributed by atoms with Crippen LogP contribution in [0.25, 0.3) is 11.3 Å². The van der Waals surface area contributed by atoms with Crippen LogP contribution in [0.5, 0.6) is 5.75 Å². The van der Waals surface area contributed by atoms with Gasteiger partial charge in [0, 0.05) is 10.6 Å². The maximum absolute atomic E-state index is 11.7. The molecule has 0 aliphatic rings. The molecule has 0 unspecified atom stereocenters. The fourth-order valence-electron chi connectivity index (χ4n) is 2.18. The molecule has 26 heavy (non-hydrogen) atoms. The number of ether oxygens (including phenoxy) is 1. The van der Waals surface area contributed by atoms with E-state index in [1.807, 2.05) is 49.4 Å². The summed E-state index contributed by atoms with van der Waals surface area (Å²) in [4.78, 5) is 11.7. The maximum Gasteiger partial charge on any atom is 0.277 e. The molecule has 0 aliphatic carbocycles. The second-order valence-electron chi connectivity index (χ2n) is 5.60. The number of furan rings is 1. The number of nitrogens with zero attached hydrogens (tertiary/aromatic N) is 1. The van der Waals surface area contributed by atoms with Gasteiger partial charge in [-0.2, -0.15) is 5.10 Å². The van der Waals surface area contributed by atoms with Crippen LogP contribution in [0.1, 0.15) is 11.3 Å². The summed E-state index contributed by atoms with van der Waals surface area (Å²) in [6, 6.07) is 18.4. The Morgan fingerprint density at radius 3 is 2.58 bits per heavy atom. The lowest BCUT2D eigenvalue weighted by Gasteiger charge is -2.04. The third kappa shape index (κ3) is 4.97. The molecule has 3 rings (SSSR count). The van der Waals surface area contributed by atoms with Gasteiger partial charge in [0.25, 0.3) is 5.91 Å². The fraction of sp³-hybridized carbons (Fsp3) is 0.100. The third-order valence-corrected chi connectivity index (χ3v) is 3.78. The van der Waals surface area contributed by atoms with Crippen LogP contribution >= 0.6 is 11.6 Å². The monoisotopic (exact) mass is 368 g/mol. The molecule has 0 aliphatic heterocycles. The predicted molar refractivity (Wildman–Crippen MR) is 102 cm³/mol. The molecule has 1 N–H and O–H groups in total. The first-order valence-corrected chi connectivity index (χ1v) is 8.35. The van der Waals surface area contributed by atoms with Gasteiger partial charge in [-0.25, -0.2) is 5.43 Å². The highest BCUT2D eigenvalue weighted by atomic mass is 35.5. The quantitative estimate of drug-likeness (QED) is 0.517. The molecule has 0 saturated carbocycles. The second kappa shape index (κ2) is 8.36. The number of rotatable bonds is 6. The fourth-order valence-corrected chi connectivity index (χ4v) is 2.30.